The number of methoxy groups -OCH3 is 1. The highest BCUT2D eigenvalue weighted by atomic mass is 16.5. The number of ether oxygens (including phenoxy) is 1. The van der Waals surface area contributed by atoms with E-state index in [-0.39, 0.29) is 17.6 Å². The highest BCUT2D eigenvalue weighted by Crippen LogP contribution is 2.38. The van der Waals surface area contributed by atoms with Crippen molar-refractivity contribution in [1.82, 2.24) is 9.47 Å². The van der Waals surface area contributed by atoms with Crippen LogP contribution in [0.5, 0.6) is 0 Å². The molecule has 1 aromatic carbocycles. The topological polar surface area (TPSA) is 63.6 Å². The summed E-state index contributed by atoms with van der Waals surface area (Å²) in [6, 6.07) is 13.1. The van der Waals surface area contributed by atoms with Gasteiger partial charge in [-0.3, -0.25) is 4.79 Å². The molecular weight excluding hydrogens is 318 g/mol. The zero-order valence-corrected chi connectivity index (χ0v) is 14.5. The first-order chi connectivity index (χ1) is 12.1. The van der Waals surface area contributed by atoms with Gasteiger partial charge in [-0.15, -0.1) is 0 Å². The maximum absolute atomic E-state index is 12.6. The maximum Gasteiger partial charge on any atom is 0.322 e. The Hall–Kier alpha value is -2.60. The minimum absolute atomic E-state index is 0.0839. The van der Waals surface area contributed by atoms with Crippen LogP contribution in [0.4, 0.5) is 10.5 Å². The van der Waals surface area contributed by atoms with Crippen molar-refractivity contribution in [3.05, 3.63) is 64.6 Å². The molecule has 6 heteroatoms. The highest BCUT2D eigenvalue weighted by Gasteiger charge is 2.39. The van der Waals surface area contributed by atoms with Crippen LogP contribution in [0.25, 0.3) is 0 Å². The number of likely N-dealkylation sites (tertiary alicyclic amines) is 1. The molecule has 0 unspecified atom stereocenters. The van der Waals surface area contributed by atoms with Crippen molar-refractivity contribution in [2.45, 2.75) is 19.5 Å². The molecule has 1 aliphatic rings. The second kappa shape index (κ2) is 7.53. The summed E-state index contributed by atoms with van der Waals surface area (Å²) in [6.07, 6.45) is 1.65. The number of rotatable bonds is 5. The quantitative estimate of drug-likeness (QED) is 0.909. The summed E-state index contributed by atoms with van der Waals surface area (Å²) < 4.78 is 6.54. The lowest BCUT2D eigenvalue weighted by atomic mass is 9.85. The molecule has 0 aliphatic carbocycles. The van der Waals surface area contributed by atoms with E-state index in [1.54, 1.807) is 19.4 Å². The van der Waals surface area contributed by atoms with Gasteiger partial charge < -0.3 is 19.5 Å². The van der Waals surface area contributed by atoms with Crippen molar-refractivity contribution in [2.24, 2.45) is 5.92 Å². The van der Waals surface area contributed by atoms with Crippen molar-refractivity contribution < 1.29 is 9.53 Å². The molecule has 1 N–H and O–H groups in total. The van der Waals surface area contributed by atoms with Gasteiger partial charge in [0, 0.05) is 32.5 Å². The van der Waals surface area contributed by atoms with Crippen molar-refractivity contribution in [1.29, 1.82) is 0 Å². The summed E-state index contributed by atoms with van der Waals surface area (Å²) in [5.74, 6) is 0.420. The molecule has 1 fully saturated rings. The molecule has 3 rings (SSSR count). The maximum atomic E-state index is 12.6. The number of carbonyl (C=O) groups is 1. The zero-order chi connectivity index (χ0) is 17.8. The van der Waals surface area contributed by atoms with E-state index in [1.165, 1.54) is 10.6 Å². The highest BCUT2D eigenvalue weighted by molar-refractivity contribution is 5.90. The standard InChI is InChI=1S/C19H23N3O3/c1-14-12-22(18(14)15-6-4-3-5-7-15)19(24)20-16-8-9-17(23)21(13-16)10-11-25-2/h3-9,13-14,18H,10-12H2,1-2H3,(H,20,24)/t14-,18-/m0/s1. The Morgan fingerprint density at radius 2 is 2.00 bits per heavy atom. The number of amides is 2. The number of pyridine rings is 1. The second-order valence-corrected chi connectivity index (χ2v) is 6.36. The van der Waals surface area contributed by atoms with Gasteiger partial charge in [0.25, 0.3) is 5.56 Å². The van der Waals surface area contributed by atoms with Crippen molar-refractivity contribution in [3.8, 4) is 0 Å². The molecule has 0 spiro atoms. The lowest BCUT2D eigenvalue weighted by molar-refractivity contribution is 0.0671. The molecule has 2 aromatic rings. The largest absolute Gasteiger partial charge is 0.383 e. The second-order valence-electron chi connectivity index (χ2n) is 6.36. The van der Waals surface area contributed by atoms with Crippen molar-refractivity contribution in [2.75, 3.05) is 25.6 Å². The number of nitrogens with zero attached hydrogens (tertiary/aromatic N) is 2. The van der Waals surface area contributed by atoms with Crippen LogP contribution >= 0.6 is 0 Å². The third kappa shape index (κ3) is 3.74. The summed E-state index contributed by atoms with van der Waals surface area (Å²) in [6.45, 7) is 3.75. The van der Waals surface area contributed by atoms with E-state index in [0.29, 0.717) is 31.3 Å². The Labute approximate surface area is 147 Å². The number of nitrogens with one attached hydrogen (secondary N) is 1. The fraction of sp³-hybridized carbons (Fsp3) is 0.368. The number of benzene rings is 1. The van der Waals surface area contributed by atoms with Gasteiger partial charge in [-0.2, -0.15) is 0 Å². The van der Waals surface area contributed by atoms with Gasteiger partial charge in [0.1, 0.15) is 0 Å². The number of anilines is 1. The van der Waals surface area contributed by atoms with Crippen molar-refractivity contribution >= 4 is 11.7 Å². The molecule has 2 amide bonds. The Balaban J connectivity index is 1.71. The van der Waals surface area contributed by atoms with Gasteiger partial charge >= 0.3 is 6.03 Å². The molecule has 0 saturated carbocycles. The molecular formula is C19H23N3O3. The van der Waals surface area contributed by atoms with Crippen LogP contribution in [0.2, 0.25) is 0 Å². The Bertz CT molecular complexity index is 788. The number of urea groups is 1. The first-order valence-corrected chi connectivity index (χ1v) is 8.42. The number of hydrogen-bond acceptors (Lipinski definition) is 3. The summed E-state index contributed by atoms with van der Waals surface area (Å²) in [4.78, 5) is 26.3. The van der Waals surface area contributed by atoms with E-state index < -0.39 is 0 Å². The summed E-state index contributed by atoms with van der Waals surface area (Å²) in [5.41, 5.74) is 1.63. The fourth-order valence-electron chi connectivity index (χ4n) is 3.23. The van der Waals surface area contributed by atoms with Crippen molar-refractivity contribution in [3.63, 3.8) is 0 Å². The number of hydrogen-bond donors (Lipinski definition) is 1. The van der Waals surface area contributed by atoms with Crippen LogP contribution in [0, 0.1) is 5.92 Å². The molecule has 1 saturated heterocycles. The molecule has 25 heavy (non-hydrogen) atoms. The number of aromatic nitrogens is 1. The van der Waals surface area contributed by atoms with Crippen LogP contribution in [0.3, 0.4) is 0 Å². The van der Waals surface area contributed by atoms with Gasteiger partial charge in [-0.1, -0.05) is 37.3 Å². The molecule has 1 aromatic heterocycles. The Kier molecular flexibility index (Phi) is 5.19. The first-order valence-electron chi connectivity index (χ1n) is 8.42. The Morgan fingerprint density at radius 3 is 2.68 bits per heavy atom. The van der Waals surface area contributed by atoms with Crippen LogP contribution in [0.1, 0.15) is 18.5 Å². The predicted molar refractivity (Wildman–Crippen MR) is 96.6 cm³/mol. The molecule has 132 valence electrons. The summed E-state index contributed by atoms with van der Waals surface area (Å²) in [7, 11) is 1.59. The average molecular weight is 341 g/mol. The van der Waals surface area contributed by atoms with Gasteiger partial charge in [0.05, 0.1) is 18.3 Å². The van der Waals surface area contributed by atoms with Crippen LogP contribution < -0.4 is 10.9 Å². The molecule has 0 radical (unpaired) electrons. The minimum Gasteiger partial charge on any atom is -0.383 e. The van der Waals surface area contributed by atoms with E-state index in [1.807, 2.05) is 35.2 Å². The lowest BCUT2D eigenvalue weighted by Crippen LogP contribution is -2.53. The van der Waals surface area contributed by atoms with Gasteiger partial charge in [-0.05, 0) is 17.5 Å². The third-order valence-corrected chi connectivity index (χ3v) is 4.53. The normalized spacial score (nSPS) is 19.4. The molecule has 2 heterocycles. The lowest BCUT2D eigenvalue weighted by Gasteiger charge is -2.46. The minimum atomic E-state index is -0.149. The van der Waals surface area contributed by atoms with Crippen LogP contribution in [0.15, 0.2) is 53.5 Å². The average Bonchev–Trinajstić information content (AvgIpc) is 2.60. The molecule has 1 aliphatic heterocycles. The summed E-state index contributed by atoms with van der Waals surface area (Å²) >= 11 is 0. The monoisotopic (exact) mass is 341 g/mol. The van der Waals surface area contributed by atoms with E-state index in [4.69, 9.17) is 4.74 Å². The van der Waals surface area contributed by atoms with E-state index >= 15 is 0 Å². The third-order valence-electron chi connectivity index (χ3n) is 4.53. The predicted octanol–water partition coefficient (Wildman–Crippen LogP) is 2.72. The fourth-order valence-corrected chi connectivity index (χ4v) is 3.23. The summed E-state index contributed by atoms with van der Waals surface area (Å²) in [5, 5.41) is 2.89. The van der Waals surface area contributed by atoms with Crippen LogP contribution in [-0.4, -0.2) is 35.8 Å². The first kappa shape index (κ1) is 17.2. The van der Waals surface area contributed by atoms with E-state index in [2.05, 4.69) is 12.2 Å². The number of carbonyl (C=O) groups excluding carboxylic acids is 1. The van der Waals surface area contributed by atoms with Gasteiger partial charge in [-0.25, -0.2) is 4.79 Å². The molecule has 6 nitrogen and oxygen atoms in total. The van der Waals surface area contributed by atoms with E-state index in [0.717, 1.165) is 5.56 Å². The van der Waals surface area contributed by atoms with Gasteiger partial charge in [0.2, 0.25) is 0 Å². The van der Waals surface area contributed by atoms with E-state index in [9.17, 15) is 9.59 Å². The molecule has 2 atom stereocenters. The zero-order valence-electron chi connectivity index (χ0n) is 14.5. The van der Waals surface area contributed by atoms with Crippen LogP contribution in [-0.2, 0) is 11.3 Å². The molecule has 0 bridgehead atoms. The Morgan fingerprint density at radius 1 is 1.24 bits per heavy atom. The SMILES string of the molecule is COCCn1cc(NC(=O)N2C[C@H](C)[C@H]2c2ccccc2)ccc1=O. The van der Waals surface area contributed by atoms with Gasteiger partial charge in [0.15, 0.2) is 0 Å². The smallest absolute Gasteiger partial charge is 0.322 e.